The van der Waals surface area contributed by atoms with E-state index >= 15 is 0 Å². The number of aromatic hydroxyl groups is 1. The topological polar surface area (TPSA) is 71.2 Å². The third kappa shape index (κ3) is 3.29. The molecule has 17 heavy (non-hydrogen) atoms. The van der Waals surface area contributed by atoms with Crippen LogP contribution in [0.3, 0.4) is 0 Å². The van der Waals surface area contributed by atoms with Crippen LogP contribution in [0.15, 0.2) is 28.7 Å². The van der Waals surface area contributed by atoms with Gasteiger partial charge in [-0.1, -0.05) is 19.1 Å². The molecule has 0 unspecified atom stereocenters. The first-order valence-electron chi connectivity index (χ1n) is 5.58. The normalized spacial score (nSPS) is 10.6. The Hall–Kier alpha value is -1.88. The summed E-state index contributed by atoms with van der Waals surface area (Å²) in [7, 11) is 0. The molecular weight excluding hydrogens is 218 g/mol. The molecule has 0 fully saturated rings. The van der Waals surface area contributed by atoms with Gasteiger partial charge in [-0.3, -0.25) is 0 Å². The van der Waals surface area contributed by atoms with Crippen molar-refractivity contribution in [3.05, 3.63) is 41.6 Å². The van der Waals surface area contributed by atoms with Crippen molar-refractivity contribution >= 4 is 0 Å². The highest BCUT2D eigenvalue weighted by atomic mass is 16.4. The van der Waals surface area contributed by atoms with Gasteiger partial charge in [-0.25, -0.2) is 0 Å². The fraction of sp³-hybridized carbons (Fsp3) is 0.333. The minimum Gasteiger partial charge on any atom is -0.508 e. The molecule has 0 amide bonds. The zero-order chi connectivity index (χ0) is 12.1. The number of nitrogens with zero attached hydrogens (tertiary/aromatic N) is 2. The van der Waals surface area contributed by atoms with Gasteiger partial charge in [0.1, 0.15) is 5.75 Å². The van der Waals surface area contributed by atoms with E-state index in [0.717, 1.165) is 12.1 Å². The molecule has 1 aromatic carbocycles. The molecule has 5 heteroatoms. The first-order valence-corrected chi connectivity index (χ1v) is 5.58. The summed E-state index contributed by atoms with van der Waals surface area (Å²) in [6.07, 6.45) is 0.535. The fourth-order valence-electron chi connectivity index (χ4n) is 1.50. The quantitative estimate of drug-likeness (QED) is 0.818. The molecule has 90 valence electrons. The number of benzene rings is 1. The molecule has 0 aliphatic heterocycles. The lowest BCUT2D eigenvalue weighted by molar-refractivity contribution is 0.441. The number of phenols is 1. The van der Waals surface area contributed by atoms with Crippen molar-refractivity contribution < 1.29 is 9.52 Å². The van der Waals surface area contributed by atoms with E-state index in [-0.39, 0.29) is 5.75 Å². The van der Waals surface area contributed by atoms with Crippen LogP contribution in [0.5, 0.6) is 5.75 Å². The van der Waals surface area contributed by atoms with Crippen molar-refractivity contribution in [3.8, 4) is 5.75 Å². The van der Waals surface area contributed by atoms with Gasteiger partial charge in [-0.05, 0) is 24.2 Å². The van der Waals surface area contributed by atoms with Gasteiger partial charge in [0.2, 0.25) is 11.8 Å². The Balaban J connectivity index is 2.01. The van der Waals surface area contributed by atoms with E-state index in [2.05, 4.69) is 15.5 Å². The highest BCUT2D eigenvalue weighted by Gasteiger charge is 2.06. The Morgan fingerprint density at radius 2 is 2.12 bits per heavy atom. The van der Waals surface area contributed by atoms with Crippen LogP contribution in [0.2, 0.25) is 0 Å². The second-order valence-corrected chi connectivity index (χ2v) is 3.72. The van der Waals surface area contributed by atoms with Gasteiger partial charge in [0.05, 0.1) is 13.0 Å². The van der Waals surface area contributed by atoms with Gasteiger partial charge < -0.3 is 14.8 Å². The van der Waals surface area contributed by atoms with Crippen molar-refractivity contribution in [2.75, 3.05) is 6.54 Å². The highest BCUT2D eigenvalue weighted by molar-refractivity contribution is 5.28. The molecule has 2 N–H and O–H groups in total. The molecule has 1 aromatic heterocycles. The van der Waals surface area contributed by atoms with Gasteiger partial charge in [-0.15, -0.1) is 10.2 Å². The Kier molecular flexibility index (Phi) is 3.72. The average Bonchev–Trinajstić information content (AvgIpc) is 2.74. The second-order valence-electron chi connectivity index (χ2n) is 3.72. The van der Waals surface area contributed by atoms with Crippen LogP contribution in [0.1, 0.15) is 24.3 Å². The first kappa shape index (κ1) is 11.6. The average molecular weight is 233 g/mol. The summed E-state index contributed by atoms with van der Waals surface area (Å²) in [4.78, 5) is 0. The second kappa shape index (κ2) is 5.45. The van der Waals surface area contributed by atoms with Crippen molar-refractivity contribution in [2.24, 2.45) is 0 Å². The zero-order valence-corrected chi connectivity index (χ0v) is 9.68. The van der Waals surface area contributed by atoms with E-state index in [4.69, 9.17) is 4.42 Å². The minimum atomic E-state index is 0.245. The molecule has 0 bridgehead atoms. The number of hydrogen-bond donors (Lipinski definition) is 2. The molecule has 2 aromatic rings. The number of nitrogens with one attached hydrogen (secondary N) is 1. The first-order chi connectivity index (χ1) is 8.28. The summed E-state index contributed by atoms with van der Waals surface area (Å²) in [6, 6.07) is 7.02. The van der Waals surface area contributed by atoms with E-state index in [1.807, 2.05) is 13.0 Å². The standard InChI is InChI=1S/C12H15N3O2/c1-2-13-8-12-15-14-11(17-12)7-9-4-3-5-10(16)6-9/h3-6,13,16H,2,7-8H2,1H3. The fourth-order valence-corrected chi connectivity index (χ4v) is 1.50. The van der Waals surface area contributed by atoms with Crippen LogP contribution in [0.4, 0.5) is 0 Å². The maximum absolute atomic E-state index is 9.34. The minimum absolute atomic E-state index is 0.245. The van der Waals surface area contributed by atoms with E-state index in [1.54, 1.807) is 18.2 Å². The van der Waals surface area contributed by atoms with Crippen LogP contribution in [-0.4, -0.2) is 21.8 Å². The maximum Gasteiger partial charge on any atom is 0.230 e. The highest BCUT2D eigenvalue weighted by Crippen LogP contribution is 2.14. The van der Waals surface area contributed by atoms with Crippen LogP contribution in [0.25, 0.3) is 0 Å². The summed E-state index contributed by atoms with van der Waals surface area (Å²) in [5.74, 6) is 1.39. The third-order valence-electron chi connectivity index (χ3n) is 2.30. The van der Waals surface area contributed by atoms with E-state index in [0.29, 0.717) is 24.7 Å². The molecule has 0 aliphatic rings. The van der Waals surface area contributed by atoms with Crippen molar-refractivity contribution in [1.82, 2.24) is 15.5 Å². The van der Waals surface area contributed by atoms with E-state index in [9.17, 15) is 5.11 Å². The van der Waals surface area contributed by atoms with Crippen molar-refractivity contribution in [1.29, 1.82) is 0 Å². The van der Waals surface area contributed by atoms with Crippen LogP contribution in [-0.2, 0) is 13.0 Å². The van der Waals surface area contributed by atoms with Crippen molar-refractivity contribution in [2.45, 2.75) is 19.9 Å². The SMILES string of the molecule is CCNCc1nnc(Cc2cccc(O)c2)o1. The van der Waals surface area contributed by atoms with Crippen molar-refractivity contribution in [3.63, 3.8) is 0 Å². The number of phenolic OH excluding ortho intramolecular Hbond substituents is 1. The lowest BCUT2D eigenvalue weighted by Gasteiger charge is -1.97. The Labute approximate surface area is 99.5 Å². The van der Waals surface area contributed by atoms with E-state index in [1.165, 1.54) is 0 Å². The number of hydrogen-bond acceptors (Lipinski definition) is 5. The predicted molar refractivity (Wildman–Crippen MR) is 62.6 cm³/mol. The van der Waals surface area contributed by atoms with Crippen LogP contribution < -0.4 is 5.32 Å². The summed E-state index contributed by atoms with van der Waals surface area (Å²) in [5, 5.41) is 20.3. The summed E-state index contributed by atoms with van der Waals surface area (Å²) in [6.45, 7) is 3.47. The van der Waals surface area contributed by atoms with Gasteiger partial charge in [0.15, 0.2) is 0 Å². The smallest absolute Gasteiger partial charge is 0.230 e. The van der Waals surface area contributed by atoms with Crippen LogP contribution >= 0.6 is 0 Å². The monoisotopic (exact) mass is 233 g/mol. The van der Waals surface area contributed by atoms with Gasteiger partial charge in [0.25, 0.3) is 0 Å². The number of rotatable bonds is 5. The van der Waals surface area contributed by atoms with Gasteiger partial charge in [-0.2, -0.15) is 0 Å². The lowest BCUT2D eigenvalue weighted by atomic mass is 10.1. The molecule has 0 saturated carbocycles. The molecule has 0 radical (unpaired) electrons. The Morgan fingerprint density at radius 3 is 2.88 bits per heavy atom. The molecule has 0 atom stereocenters. The molecular formula is C12H15N3O2. The molecule has 2 rings (SSSR count). The third-order valence-corrected chi connectivity index (χ3v) is 2.30. The summed E-state index contributed by atoms with van der Waals surface area (Å²) in [5.41, 5.74) is 0.948. The summed E-state index contributed by atoms with van der Waals surface area (Å²) < 4.78 is 5.46. The number of aromatic nitrogens is 2. The molecule has 0 aliphatic carbocycles. The van der Waals surface area contributed by atoms with Gasteiger partial charge in [0, 0.05) is 0 Å². The summed E-state index contributed by atoms with van der Waals surface area (Å²) >= 11 is 0. The zero-order valence-electron chi connectivity index (χ0n) is 9.68. The Morgan fingerprint density at radius 1 is 1.29 bits per heavy atom. The Bertz CT molecular complexity index is 482. The van der Waals surface area contributed by atoms with Crippen LogP contribution in [0, 0.1) is 0 Å². The molecule has 0 saturated heterocycles. The largest absolute Gasteiger partial charge is 0.508 e. The molecule has 5 nitrogen and oxygen atoms in total. The van der Waals surface area contributed by atoms with Gasteiger partial charge >= 0.3 is 0 Å². The molecule has 1 heterocycles. The predicted octanol–water partition coefficient (Wildman–Crippen LogP) is 1.48. The lowest BCUT2D eigenvalue weighted by Crippen LogP contribution is -2.11. The molecule has 0 spiro atoms. The maximum atomic E-state index is 9.34. The van der Waals surface area contributed by atoms with E-state index < -0.39 is 0 Å².